The molecule has 1 aliphatic heterocycles. The van der Waals surface area contributed by atoms with E-state index in [0.717, 1.165) is 59.4 Å². The van der Waals surface area contributed by atoms with Crippen LogP contribution in [0.15, 0.2) is 46.9 Å². The average Bonchev–Trinajstić information content (AvgIpc) is 3.13. The fourth-order valence-electron chi connectivity index (χ4n) is 3.72. The van der Waals surface area contributed by atoms with Gasteiger partial charge in [0.2, 0.25) is 0 Å². The number of likely N-dealkylation sites (N-methyl/N-ethyl adjacent to an activating group) is 1. The zero-order valence-electron chi connectivity index (χ0n) is 16.3. The molecule has 0 aliphatic carbocycles. The highest BCUT2D eigenvalue weighted by atomic mass is 79.9. The fraction of sp³-hybridized carbons (Fsp3) is 0.318. The quantitative estimate of drug-likeness (QED) is 0.621. The topological polar surface area (TPSA) is 51.4 Å². The van der Waals surface area contributed by atoms with Crippen LogP contribution in [-0.2, 0) is 0 Å². The number of fused-ring (bicyclic) bond motifs is 1. The van der Waals surface area contributed by atoms with Gasteiger partial charge in [-0.3, -0.25) is 4.79 Å². The van der Waals surface area contributed by atoms with Crippen LogP contribution in [0.5, 0.6) is 0 Å². The van der Waals surface area contributed by atoms with Crippen molar-refractivity contribution in [3.8, 4) is 0 Å². The van der Waals surface area contributed by atoms with E-state index in [4.69, 9.17) is 0 Å². The molecule has 2 heterocycles. The Bertz CT molecular complexity index is 1000. The molecule has 2 N–H and O–H groups in total. The van der Waals surface area contributed by atoms with Gasteiger partial charge in [0, 0.05) is 52.9 Å². The number of benzene rings is 2. The number of carbonyl (C=O) groups is 1. The summed E-state index contributed by atoms with van der Waals surface area (Å²) in [6.07, 6.45) is 0. The molecule has 1 fully saturated rings. The number of nitrogens with zero attached hydrogens (tertiary/aromatic N) is 2. The molecule has 0 unspecified atom stereocenters. The summed E-state index contributed by atoms with van der Waals surface area (Å²) >= 11 is 3.47. The van der Waals surface area contributed by atoms with Crippen molar-refractivity contribution in [3.63, 3.8) is 0 Å². The number of anilines is 2. The molecule has 0 spiro atoms. The lowest BCUT2D eigenvalue weighted by atomic mass is 10.1. The zero-order chi connectivity index (χ0) is 19.7. The van der Waals surface area contributed by atoms with Crippen LogP contribution in [0.4, 0.5) is 11.4 Å². The van der Waals surface area contributed by atoms with Gasteiger partial charge >= 0.3 is 0 Å². The lowest BCUT2D eigenvalue weighted by Crippen LogP contribution is -2.46. The van der Waals surface area contributed by atoms with Crippen LogP contribution >= 0.6 is 15.9 Å². The number of amides is 1. The smallest absolute Gasteiger partial charge is 0.272 e. The molecule has 1 aromatic heterocycles. The number of piperazine rings is 1. The van der Waals surface area contributed by atoms with E-state index in [9.17, 15) is 4.79 Å². The number of halogens is 1. The molecule has 1 amide bonds. The number of hydrogen-bond donors (Lipinski definition) is 2. The first-order valence-corrected chi connectivity index (χ1v) is 10.5. The first kappa shape index (κ1) is 19.0. The predicted molar refractivity (Wildman–Crippen MR) is 119 cm³/mol. The number of hydrogen-bond acceptors (Lipinski definition) is 3. The predicted octanol–water partition coefficient (Wildman–Crippen LogP) is 4.63. The van der Waals surface area contributed by atoms with E-state index in [1.54, 1.807) is 0 Å². The van der Waals surface area contributed by atoms with Crippen LogP contribution in [0.25, 0.3) is 10.9 Å². The van der Waals surface area contributed by atoms with E-state index < -0.39 is 0 Å². The Hall–Kier alpha value is -2.31. The number of aromatic nitrogens is 1. The molecule has 3 aromatic rings. The minimum atomic E-state index is -0.125. The van der Waals surface area contributed by atoms with Gasteiger partial charge in [0.1, 0.15) is 5.69 Å². The van der Waals surface area contributed by atoms with Gasteiger partial charge < -0.3 is 20.1 Å². The molecule has 1 aliphatic rings. The molecular formula is C22H25BrN4O. The third-order valence-electron chi connectivity index (χ3n) is 5.47. The van der Waals surface area contributed by atoms with Crippen LogP contribution in [0.3, 0.4) is 0 Å². The molecule has 0 radical (unpaired) electrons. The van der Waals surface area contributed by atoms with Gasteiger partial charge in [0.15, 0.2) is 0 Å². The molecule has 0 saturated carbocycles. The van der Waals surface area contributed by atoms with Crippen molar-refractivity contribution >= 4 is 44.1 Å². The molecule has 2 aromatic carbocycles. The van der Waals surface area contributed by atoms with E-state index in [0.29, 0.717) is 5.69 Å². The van der Waals surface area contributed by atoms with Gasteiger partial charge in [-0.1, -0.05) is 22.9 Å². The normalized spacial score (nSPS) is 15.2. The Balaban J connectivity index is 1.47. The van der Waals surface area contributed by atoms with Gasteiger partial charge in [-0.05, 0) is 61.5 Å². The van der Waals surface area contributed by atoms with Crippen LogP contribution in [0.1, 0.15) is 23.0 Å². The number of aryl methyl sites for hydroxylation is 1. The number of rotatable bonds is 4. The highest BCUT2D eigenvalue weighted by molar-refractivity contribution is 9.10. The van der Waals surface area contributed by atoms with Gasteiger partial charge in [0.05, 0.1) is 0 Å². The molecule has 6 heteroatoms. The average molecular weight is 441 g/mol. The van der Waals surface area contributed by atoms with Crippen molar-refractivity contribution in [2.75, 3.05) is 42.9 Å². The van der Waals surface area contributed by atoms with E-state index in [2.05, 4.69) is 55.1 Å². The minimum Gasteiger partial charge on any atom is -0.369 e. The maximum absolute atomic E-state index is 12.7. The molecular weight excluding hydrogens is 416 g/mol. The summed E-state index contributed by atoms with van der Waals surface area (Å²) in [5.74, 6) is -0.125. The van der Waals surface area contributed by atoms with Crippen molar-refractivity contribution in [3.05, 3.63) is 58.2 Å². The van der Waals surface area contributed by atoms with Gasteiger partial charge in [-0.15, -0.1) is 0 Å². The van der Waals surface area contributed by atoms with Crippen molar-refractivity contribution in [2.45, 2.75) is 13.8 Å². The third kappa shape index (κ3) is 3.93. The van der Waals surface area contributed by atoms with Gasteiger partial charge in [-0.2, -0.15) is 0 Å². The summed E-state index contributed by atoms with van der Waals surface area (Å²) < 4.78 is 0.997. The second-order valence-corrected chi connectivity index (χ2v) is 8.20. The first-order valence-electron chi connectivity index (χ1n) is 9.71. The first-order chi connectivity index (χ1) is 13.5. The molecule has 0 atom stereocenters. The summed E-state index contributed by atoms with van der Waals surface area (Å²) in [6, 6.07) is 14.1. The number of H-pyrrole nitrogens is 1. The summed E-state index contributed by atoms with van der Waals surface area (Å²) in [5.41, 5.74) is 4.66. The van der Waals surface area contributed by atoms with Crippen molar-refractivity contribution in [2.24, 2.45) is 0 Å². The van der Waals surface area contributed by atoms with Crippen LogP contribution in [0, 0.1) is 6.92 Å². The third-order valence-corrected chi connectivity index (χ3v) is 5.96. The summed E-state index contributed by atoms with van der Waals surface area (Å²) in [6.45, 7) is 9.66. The Kier molecular flexibility index (Phi) is 5.42. The fourth-order valence-corrected chi connectivity index (χ4v) is 4.10. The SMILES string of the molecule is CCN1CCN(c2ccc(NC(=O)c3cc4cc(Br)ccc4[nH]3)c(C)c2)CC1. The van der Waals surface area contributed by atoms with Gasteiger partial charge in [0.25, 0.3) is 5.91 Å². The largest absolute Gasteiger partial charge is 0.369 e. The molecule has 5 nitrogen and oxygen atoms in total. The number of nitrogens with one attached hydrogen (secondary N) is 2. The minimum absolute atomic E-state index is 0.125. The summed E-state index contributed by atoms with van der Waals surface area (Å²) in [5, 5.41) is 4.05. The summed E-state index contributed by atoms with van der Waals surface area (Å²) in [7, 11) is 0. The highest BCUT2D eigenvalue weighted by Gasteiger charge is 2.17. The van der Waals surface area contributed by atoms with Crippen LogP contribution < -0.4 is 10.2 Å². The number of carbonyl (C=O) groups excluding carboxylic acids is 1. The highest BCUT2D eigenvalue weighted by Crippen LogP contribution is 2.25. The Labute approximate surface area is 173 Å². The second kappa shape index (κ2) is 7.97. The van der Waals surface area contributed by atoms with Crippen molar-refractivity contribution in [1.29, 1.82) is 0 Å². The number of aromatic amines is 1. The van der Waals surface area contributed by atoms with E-state index in [1.807, 2.05) is 37.3 Å². The molecule has 0 bridgehead atoms. The molecule has 1 saturated heterocycles. The lowest BCUT2D eigenvalue weighted by Gasteiger charge is -2.35. The maximum atomic E-state index is 12.7. The van der Waals surface area contributed by atoms with Gasteiger partial charge in [-0.25, -0.2) is 0 Å². The van der Waals surface area contributed by atoms with Crippen molar-refractivity contribution in [1.82, 2.24) is 9.88 Å². The zero-order valence-corrected chi connectivity index (χ0v) is 17.8. The molecule has 4 rings (SSSR count). The van der Waals surface area contributed by atoms with Crippen molar-refractivity contribution < 1.29 is 4.79 Å². The van der Waals surface area contributed by atoms with E-state index in [1.165, 1.54) is 5.69 Å². The monoisotopic (exact) mass is 440 g/mol. The van der Waals surface area contributed by atoms with E-state index >= 15 is 0 Å². The molecule has 28 heavy (non-hydrogen) atoms. The second-order valence-electron chi connectivity index (χ2n) is 7.29. The van der Waals surface area contributed by atoms with E-state index in [-0.39, 0.29) is 5.91 Å². The standard InChI is InChI=1S/C22H25BrN4O/c1-3-26-8-10-27(11-9-26)18-5-7-19(15(2)12-18)25-22(28)21-14-16-13-17(23)4-6-20(16)24-21/h4-7,12-14,24H,3,8-11H2,1-2H3,(H,25,28). The summed E-state index contributed by atoms with van der Waals surface area (Å²) in [4.78, 5) is 20.8. The van der Waals surface area contributed by atoms with Crippen LogP contribution in [0.2, 0.25) is 0 Å². The van der Waals surface area contributed by atoms with Crippen LogP contribution in [-0.4, -0.2) is 48.5 Å². The lowest BCUT2D eigenvalue weighted by molar-refractivity contribution is 0.102. The Morgan fingerprint density at radius 3 is 2.61 bits per heavy atom. The Morgan fingerprint density at radius 2 is 1.89 bits per heavy atom. The maximum Gasteiger partial charge on any atom is 0.272 e. The molecule has 146 valence electrons. The Morgan fingerprint density at radius 1 is 1.11 bits per heavy atom.